The van der Waals surface area contributed by atoms with Crippen LogP contribution < -0.4 is 5.32 Å². The van der Waals surface area contributed by atoms with Crippen LogP contribution in [0.2, 0.25) is 0 Å². The van der Waals surface area contributed by atoms with Crippen molar-refractivity contribution in [2.45, 2.75) is 58.0 Å². The van der Waals surface area contributed by atoms with Crippen LogP contribution in [0.1, 0.15) is 50.9 Å². The smallest absolute Gasteiger partial charge is 0.0952 e. The molecule has 0 radical (unpaired) electrons. The van der Waals surface area contributed by atoms with Crippen molar-refractivity contribution in [1.82, 2.24) is 14.9 Å². The van der Waals surface area contributed by atoms with E-state index in [0.29, 0.717) is 5.92 Å². The standard InChI is InChI=1S/C14H23N3/c1-11(2)9-17-10-15-13-12(17)5-8-16-14(13)6-3-4-7-14/h10-11,16H,3-9H2,1-2H3. The molecule has 2 heterocycles. The zero-order chi connectivity index (χ0) is 11.9. The average molecular weight is 233 g/mol. The molecule has 0 bridgehead atoms. The van der Waals surface area contributed by atoms with Crippen LogP contribution in [-0.2, 0) is 18.5 Å². The third-order valence-electron chi connectivity index (χ3n) is 4.24. The van der Waals surface area contributed by atoms with Gasteiger partial charge < -0.3 is 9.88 Å². The summed E-state index contributed by atoms with van der Waals surface area (Å²) in [5.41, 5.74) is 3.09. The molecule has 0 saturated heterocycles. The minimum absolute atomic E-state index is 0.232. The van der Waals surface area contributed by atoms with Gasteiger partial charge >= 0.3 is 0 Å². The number of aromatic nitrogens is 2. The first kappa shape index (κ1) is 11.3. The van der Waals surface area contributed by atoms with E-state index < -0.39 is 0 Å². The lowest BCUT2D eigenvalue weighted by molar-refractivity contribution is 0.311. The summed E-state index contributed by atoms with van der Waals surface area (Å²) in [6.07, 6.45) is 8.46. The SMILES string of the molecule is CC(C)Cn1cnc2c1CCNC21CCCC1. The van der Waals surface area contributed by atoms with Crippen LogP contribution >= 0.6 is 0 Å². The van der Waals surface area contributed by atoms with Gasteiger partial charge in [-0.05, 0) is 18.8 Å². The molecule has 17 heavy (non-hydrogen) atoms. The summed E-state index contributed by atoms with van der Waals surface area (Å²) in [6.45, 7) is 6.78. The van der Waals surface area contributed by atoms with E-state index in [4.69, 9.17) is 4.98 Å². The first-order valence-electron chi connectivity index (χ1n) is 7.01. The van der Waals surface area contributed by atoms with E-state index in [1.54, 1.807) is 0 Å². The Morgan fingerprint density at radius 3 is 2.88 bits per heavy atom. The molecule has 1 saturated carbocycles. The zero-order valence-electron chi connectivity index (χ0n) is 11.0. The lowest BCUT2D eigenvalue weighted by Gasteiger charge is -2.34. The van der Waals surface area contributed by atoms with Crippen molar-refractivity contribution in [1.29, 1.82) is 0 Å². The van der Waals surface area contributed by atoms with Crippen molar-refractivity contribution in [2.75, 3.05) is 6.54 Å². The molecular formula is C14H23N3. The highest BCUT2D eigenvalue weighted by Crippen LogP contribution is 2.41. The van der Waals surface area contributed by atoms with E-state index in [1.807, 2.05) is 0 Å². The van der Waals surface area contributed by atoms with Gasteiger partial charge in [0.05, 0.1) is 17.6 Å². The van der Waals surface area contributed by atoms with Crippen LogP contribution in [0.5, 0.6) is 0 Å². The van der Waals surface area contributed by atoms with E-state index in [9.17, 15) is 0 Å². The Hall–Kier alpha value is -0.830. The maximum Gasteiger partial charge on any atom is 0.0952 e. The third kappa shape index (κ3) is 1.81. The molecular weight excluding hydrogens is 210 g/mol. The highest BCUT2D eigenvalue weighted by molar-refractivity contribution is 5.27. The predicted octanol–water partition coefficient (Wildman–Crippen LogP) is 2.45. The minimum Gasteiger partial charge on any atom is -0.334 e. The van der Waals surface area contributed by atoms with Gasteiger partial charge in [-0.1, -0.05) is 26.7 Å². The number of hydrogen-bond donors (Lipinski definition) is 1. The molecule has 1 aromatic heterocycles. The fourth-order valence-electron chi connectivity index (χ4n) is 3.52. The largest absolute Gasteiger partial charge is 0.334 e. The second-order valence-electron chi connectivity index (χ2n) is 6.05. The van der Waals surface area contributed by atoms with Gasteiger partial charge in [-0.25, -0.2) is 4.98 Å². The van der Waals surface area contributed by atoms with Crippen molar-refractivity contribution in [3.63, 3.8) is 0 Å². The van der Waals surface area contributed by atoms with Crippen molar-refractivity contribution in [2.24, 2.45) is 5.92 Å². The number of hydrogen-bond acceptors (Lipinski definition) is 2. The zero-order valence-corrected chi connectivity index (χ0v) is 11.0. The Bertz CT molecular complexity index is 400. The second kappa shape index (κ2) is 4.13. The summed E-state index contributed by atoms with van der Waals surface area (Å²) in [7, 11) is 0. The van der Waals surface area contributed by atoms with Crippen LogP contribution in [-0.4, -0.2) is 16.1 Å². The maximum atomic E-state index is 4.75. The summed E-state index contributed by atoms with van der Waals surface area (Å²) in [4.78, 5) is 4.75. The molecule has 3 nitrogen and oxygen atoms in total. The summed E-state index contributed by atoms with van der Waals surface area (Å²) in [5.74, 6) is 0.697. The molecule has 2 aliphatic rings. The van der Waals surface area contributed by atoms with E-state index >= 15 is 0 Å². The highest BCUT2D eigenvalue weighted by atomic mass is 15.1. The van der Waals surface area contributed by atoms with E-state index in [2.05, 4.69) is 30.1 Å². The van der Waals surface area contributed by atoms with E-state index in [0.717, 1.165) is 19.5 Å². The van der Waals surface area contributed by atoms with Gasteiger partial charge in [-0.3, -0.25) is 0 Å². The topological polar surface area (TPSA) is 29.9 Å². The maximum absolute atomic E-state index is 4.75. The molecule has 1 aromatic rings. The molecule has 0 atom stereocenters. The quantitative estimate of drug-likeness (QED) is 0.850. The lowest BCUT2D eigenvalue weighted by atomic mass is 9.88. The van der Waals surface area contributed by atoms with Crippen LogP contribution in [0.25, 0.3) is 0 Å². The summed E-state index contributed by atoms with van der Waals surface area (Å²) >= 11 is 0. The van der Waals surface area contributed by atoms with Crippen LogP contribution in [0.4, 0.5) is 0 Å². The number of nitrogens with zero attached hydrogens (tertiary/aromatic N) is 2. The molecule has 0 aromatic carbocycles. The van der Waals surface area contributed by atoms with Gasteiger partial charge in [0.25, 0.3) is 0 Å². The van der Waals surface area contributed by atoms with Gasteiger partial charge in [0.1, 0.15) is 0 Å². The fraction of sp³-hybridized carbons (Fsp3) is 0.786. The van der Waals surface area contributed by atoms with Gasteiger partial charge in [-0.2, -0.15) is 0 Å². The molecule has 1 spiro atoms. The van der Waals surface area contributed by atoms with Crippen LogP contribution in [0.15, 0.2) is 6.33 Å². The van der Waals surface area contributed by atoms with E-state index in [-0.39, 0.29) is 5.54 Å². The van der Waals surface area contributed by atoms with Crippen molar-refractivity contribution in [3.8, 4) is 0 Å². The lowest BCUT2D eigenvalue weighted by Crippen LogP contribution is -2.45. The first-order valence-corrected chi connectivity index (χ1v) is 7.01. The Kier molecular flexibility index (Phi) is 2.74. The third-order valence-corrected chi connectivity index (χ3v) is 4.24. The summed E-state index contributed by atoms with van der Waals surface area (Å²) in [6, 6.07) is 0. The molecule has 3 rings (SSSR count). The minimum atomic E-state index is 0.232. The Morgan fingerprint density at radius 1 is 1.41 bits per heavy atom. The second-order valence-corrected chi connectivity index (χ2v) is 6.05. The van der Waals surface area contributed by atoms with Gasteiger partial charge in [0, 0.05) is 25.2 Å². The normalized spacial score (nSPS) is 22.3. The first-order chi connectivity index (χ1) is 8.21. The molecule has 0 unspecified atom stereocenters. The Morgan fingerprint density at radius 2 is 2.18 bits per heavy atom. The Balaban J connectivity index is 1.96. The van der Waals surface area contributed by atoms with Gasteiger partial charge in [0.15, 0.2) is 0 Å². The van der Waals surface area contributed by atoms with Crippen LogP contribution in [0.3, 0.4) is 0 Å². The molecule has 3 heteroatoms. The molecule has 1 fully saturated rings. The molecule has 0 amide bonds. The van der Waals surface area contributed by atoms with E-state index in [1.165, 1.54) is 37.1 Å². The number of nitrogens with one attached hydrogen (secondary N) is 1. The van der Waals surface area contributed by atoms with Crippen molar-refractivity contribution >= 4 is 0 Å². The summed E-state index contributed by atoms with van der Waals surface area (Å²) in [5, 5.41) is 3.74. The Labute approximate surface area is 104 Å². The monoisotopic (exact) mass is 233 g/mol. The van der Waals surface area contributed by atoms with Crippen molar-refractivity contribution in [3.05, 3.63) is 17.7 Å². The molecule has 1 aliphatic heterocycles. The number of fused-ring (bicyclic) bond motifs is 2. The molecule has 1 aliphatic carbocycles. The number of rotatable bonds is 2. The van der Waals surface area contributed by atoms with Crippen molar-refractivity contribution < 1.29 is 0 Å². The highest BCUT2D eigenvalue weighted by Gasteiger charge is 2.41. The van der Waals surface area contributed by atoms with Gasteiger partial charge in [0.2, 0.25) is 0 Å². The fourth-order valence-corrected chi connectivity index (χ4v) is 3.52. The average Bonchev–Trinajstić information content (AvgIpc) is 2.88. The van der Waals surface area contributed by atoms with Gasteiger partial charge in [-0.15, -0.1) is 0 Å². The van der Waals surface area contributed by atoms with Crippen LogP contribution in [0, 0.1) is 5.92 Å². The predicted molar refractivity (Wildman–Crippen MR) is 68.9 cm³/mol. The molecule has 94 valence electrons. The molecule has 1 N–H and O–H groups in total. The number of imidazole rings is 1. The summed E-state index contributed by atoms with van der Waals surface area (Å²) < 4.78 is 2.39.